The van der Waals surface area contributed by atoms with Crippen molar-refractivity contribution >= 4 is 23.6 Å². The van der Waals surface area contributed by atoms with Crippen molar-refractivity contribution in [3.63, 3.8) is 0 Å². The van der Waals surface area contributed by atoms with E-state index in [9.17, 15) is 9.59 Å². The number of carbonyl (C=O) groups excluding carboxylic acids is 2. The maximum Gasteiger partial charge on any atom is 0.407 e. The zero-order valence-electron chi connectivity index (χ0n) is 15.0. The highest BCUT2D eigenvalue weighted by molar-refractivity contribution is 6.30. The lowest BCUT2D eigenvalue weighted by molar-refractivity contribution is -0.00732. The zero-order chi connectivity index (χ0) is 19.4. The number of carbonyl (C=O) groups is 2. The van der Waals surface area contributed by atoms with Gasteiger partial charge in [0.25, 0.3) is 5.91 Å². The van der Waals surface area contributed by atoms with Crippen LogP contribution in [0, 0.1) is 0 Å². The van der Waals surface area contributed by atoms with Gasteiger partial charge in [0.15, 0.2) is 0 Å². The Kier molecular flexibility index (Phi) is 5.81. The molecule has 1 aliphatic rings. The van der Waals surface area contributed by atoms with Gasteiger partial charge in [0.05, 0.1) is 13.1 Å². The molecule has 0 atom stereocenters. The van der Waals surface area contributed by atoms with Crippen LogP contribution in [0.1, 0.15) is 24.3 Å². The van der Waals surface area contributed by atoms with E-state index in [1.807, 2.05) is 13.8 Å². The molecule has 1 fully saturated rings. The zero-order valence-corrected chi connectivity index (χ0v) is 15.8. The molecule has 1 saturated heterocycles. The van der Waals surface area contributed by atoms with Gasteiger partial charge < -0.3 is 19.7 Å². The number of ether oxygens (including phenoxy) is 2. The van der Waals surface area contributed by atoms with Crippen molar-refractivity contribution in [1.29, 1.82) is 0 Å². The van der Waals surface area contributed by atoms with Crippen molar-refractivity contribution in [2.75, 3.05) is 13.1 Å². The summed E-state index contributed by atoms with van der Waals surface area (Å²) in [5.74, 6) is 0.651. The van der Waals surface area contributed by atoms with Crippen molar-refractivity contribution in [1.82, 2.24) is 15.2 Å². The lowest BCUT2D eigenvalue weighted by atomic mass is 10.1. The number of amides is 2. The number of halogens is 1. The van der Waals surface area contributed by atoms with Crippen molar-refractivity contribution in [2.24, 2.45) is 0 Å². The van der Waals surface area contributed by atoms with Gasteiger partial charge in [-0.3, -0.25) is 4.79 Å². The van der Waals surface area contributed by atoms with Crippen LogP contribution in [-0.2, 0) is 4.74 Å². The molecular weight excluding hydrogens is 370 g/mol. The Labute approximate surface area is 162 Å². The van der Waals surface area contributed by atoms with Crippen LogP contribution in [0.5, 0.6) is 11.6 Å². The molecule has 142 valence electrons. The van der Waals surface area contributed by atoms with Gasteiger partial charge in [0.1, 0.15) is 17.5 Å². The Hall–Kier alpha value is -2.80. The van der Waals surface area contributed by atoms with Gasteiger partial charge in [0, 0.05) is 17.1 Å². The maximum atomic E-state index is 12.5. The second-order valence-electron chi connectivity index (χ2n) is 6.45. The fraction of sp³-hybridized carbons (Fsp3) is 0.316. The summed E-state index contributed by atoms with van der Waals surface area (Å²) < 4.78 is 10.9. The minimum atomic E-state index is -0.474. The van der Waals surface area contributed by atoms with Crippen LogP contribution in [0.25, 0.3) is 0 Å². The minimum absolute atomic E-state index is 0.00268. The molecule has 2 heterocycles. The maximum absolute atomic E-state index is 12.5. The third kappa shape index (κ3) is 5.10. The lowest BCUT2D eigenvalue weighted by Crippen LogP contribution is -2.56. The normalized spacial score (nSPS) is 13.9. The Morgan fingerprint density at radius 3 is 2.56 bits per heavy atom. The number of pyridine rings is 1. The molecule has 2 amide bonds. The van der Waals surface area contributed by atoms with Crippen molar-refractivity contribution in [2.45, 2.75) is 26.0 Å². The monoisotopic (exact) mass is 389 g/mol. The van der Waals surface area contributed by atoms with Crippen molar-refractivity contribution < 1.29 is 19.1 Å². The van der Waals surface area contributed by atoms with Gasteiger partial charge >= 0.3 is 6.09 Å². The molecule has 0 bridgehead atoms. The van der Waals surface area contributed by atoms with Crippen LogP contribution >= 0.6 is 11.6 Å². The topological polar surface area (TPSA) is 80.8 Å². The molecule has 0 saturated carbocycles. The van der Waals surface area contributed by atoms with Crippen LogP contribution in [0.2, 0.25) is 5.02 Å². The SMILES string of the molecule is CC(C)NC(=O)OC1CN(C(=O)c2cccc(Oc3ccc(Cl)cc3)n2)C1. The molecule has 0 aliphatic carbocycles. The van der Waals surface area contributed by atoms with Gasteiger partial charge in [-0.2, -0.15) is 0 Å². The molecular formula is C19H20ClN3O4. The van der Waals surface area contributed by atoms with E-state index in [-0.39, 0.29) is 23.7 Å². The van der Waals surface area contributed by atoms with Crippen LogP contribution in [0.15, 0.2) is 42.5 Å². The predicted molar refractivity (Wildman–Crippen MR) is 100 cm³/mol. The second-order valence-corrected chi connectivity index (χ2v) is 6.89. The summed E-state index contributed by atoms with van der Waals surface area (Å²) in [4.78, 5) is 29.9. The third-order valence-electron chi connectivity index (χ3n) is 3.79. The fourth-order valence-electron chi connectivity index (χ4n) is 2.48. The molecule has 27 heavy (non-hydrogen) atoms. The second kappa shape index (κ2) is 8.26. The Bertz CT molecular complexity index is 820. The van der Waals surface area contributed by atoms with Crippen LogP contribution in [0.4, 0.5) is 4.79 Å². The summed E-state index contributed by atoms with van der Waals surface area (Å²) in [5.41, 5.74) is 0.270. The quantitative estimate of drug-likeness (QED) is 0.846. The van der Waals surface area contributed by atoms with Gasteiger partial charge in [-0.25, -0.2) is 9.78 Å². The van der Waals surface area contributed by atoms with E-state index in [2.05, 4.69) is 10.3 Å². The first-order valence-electron chi connectivity index (χ1n) is 8.57. The van der Waals surface area contributed by atoms with Gasteiger partial charge in [-0.1, -0.05) is 17.7 Å². The molecule has 0 spiro atoms. The number of nitrogens with zero attached hydrogens (tertiary/aromatic N) is 2. The Morgan fingerprint density at radius 2 is 1.89 bits per heavy atom. The predicted octanol–water partition coefficient (Wildman–Crippen LogP) is 3.49. The molecule has 1 N–H and O–H groups in total. The number of benzene rings is 1. The molecule has 1 aromatic carbocycles. The van der Waals surface area contributed by atoms with Gasteiger partial charge in [-0.05, 0) is 44.2 Å². The first-order chi connectivity index (χ1) is 12.9. The molecule has 0 unspecified atom stereocenters. The average Bonchev–Trinajstić information content (AvgIpc) is 2.59. The summed E-state index contributed by atoms with van der Waals surface area (Å²) in [6, 6.07) is 11.9. The number of aromatic nitrogens is 1. The number of nitrogens with one attached hydrogen (secondary N) is 1. The highest BCUT2D eigenvalue weighted by Gasteiger charge is 2.34. The molecule has 1 aliphatic heterocycles. The van der Waals surface area contributed by atoms with E-state index in [4.69, 9.17) is 21.1 Å². The third-order valence-corrected chi connectivity index (χ3v) is 4.05. The minimum Gasteiger partial charge on any atom is -0.442 e. The van der Waals surface area contributed by atoms with E-state index in [0.717, 1.165) is 0 Å². The summed E-state index contributed by atoms with van der Waals surface area (Å²) >= 11 is 5.85. The van der Waals surface area contributed by atoms with Crippen molar-refractivity contribution in [3.05, 3.63) is 53.2 Å². The van der Waals surface area contributed by atoms with Crippen LogP contribution in [-0.4, -0.2) is 47.1 Å². The standard InChI is InChI=1S/C19H20ClN3O4/c1-12(2)21-19(25)27-15-10-23(11-15)18(24)16-4-3-5-17(22-16)26-14-8-6-13(20)7-9-14/h3-9,12,15H,10-11H2,1-2H3,(H,21,25). The molecule has 0 radical (unpaired) electrons. The molecule has 3 rings (SSSR count). The number of hydrogen-bond donors (Lipinski definition) is 1. The lowest BCUT2D eigenvalue weighted by Gasteiger charge is -2.38. The summed E-state index contributed by atoms with van der Waals surface area (Å²) in [7, 11) is 0. The van der Waals surface area contributed by atoms with Crippen molar-refractivity contribution in [3.8, 4) is 11.6 Å². The molecule has 7 nitrogen and oxygen atoms in total. The van der Waals surface area contributed by atoms with Gasteiger partial charge in [0.2, 0.25) is 5.88 Å². The fourth-order valence-corrected chi connectivity index (χ4v) is 2.60. The molecule has 1 aromatic heterocycles. The smallest absolute Gasteiger partial charge is 0.407 e. The summed E-state index contributed by atoms with van der Waals surface area (Å²) in [5, 5.41) is 3.26. The number of likely N-dealkylation sites (tertiary alicyclic amines) is 1. The van der Waals surface area contributed by atoms with E-state index in [0.29, 0.717) is 29.7 Å². The molecule has 2 aromatic rings. The van der Waals surface area contributed by atoms with Crippen LogP contribution in [0.3, 0.4) is 0 Å². The first-order valence-corrected chi connectivity index (χ1v) is 8.95. The number of rotatable bonds is 5. The Balaban J connectivity index is 1.55. The van der Waals surface area contributed by atoms with Crippen LogP contribution < -0.4 is 10.1 Å². The molecule has 8 heteroatoms. The largest absolute Gasteiger partial charge is 0.442 e. The highest BCUT2D eigenvalue weighted by Crippen LogP contribution is 2.22. The Morgan fingerprint density at radius 1 is 1.19 bits per heavy atom. The van der Waals surface area contributed by atoms with E-state index in [1.54, 1.807) is 47.4 Å². The number of hydrogen-bond acceptors (Lipinski definition) is 5. The summed E-state index contributed by atoms with van der Waals surface area (Å²) in [6.45, 7) is 4.38. The van der Waals surface area contributed by atoms with E-state index in [1.165, 1.54) is 0 Å². The van der Waals surface area contributed by atoms with E-state index >= 15 is 0 Å². The summed E-state index contributed by atoms with van der Waals surface area (Å²) in [6.07, 6.45) is -0.778. The van der Waals surface area contributed by atoms with Gasteiger partial charge in [-0.15, -0.1) is 0 Å². The highest BCUT2D eigenvalue weighted by atomic mass is 35.5. The first kappa shape index (κ1) is 19.0. The number of alkyl carbamates (subject to hydrolysis) is 1. The average molecular weight is 390 g/mol. The van der Waals surface area contributed by atoms with E-state index < -0.39 is 6.09 Å².